The number of fused-ring (bicyclic) bond motifs is 3. The van der Waals surface area contributed by atoms with Crippen molar-refractivity contribution in [2.45, 2.75) is 25.3 Å². The molecule has 2 N–H and O–H groups in total. The average molecular weight is 368 g/mol. The smallest absolute Gasteiger partial charge is 0.419 e. The SMILES string of the molecule is CN(C)C1CCc2oc3ccc(N(C(=O)O)C(=O)c4ccn[nH]4)cc3c2C1. The highest BCUT2D eigenvalue weighted by atomic mass is 16.4. The standard InChI is InChI=1S/C19H20N4O4/c1-22(2)11-3-5-16-13(9-11)14-10-12(4-6-17(14)27-16)23(19(25)26)18(24)15-7-8-20-21-15/h4,6-8,10-11H,3,5,9H2,1-2H3,(H,20,21)(H,25,26). The quantitative estimate of drug-likeness (QED) is 0.737. The number of hydrogen-bond donors (Lipinski definition) is 2. The summed E-state index contributed by atoms with van der Waals surface area (Å²) in [5.74, 6) is 0.268. The fourth-order valence-corrected chi connectivity index (χ4v) is 3.64. The van der Waals surface area contributed by atoms with Gasteiger partial charge in [-0.15, -0.1) is 0 Å². The Balaban J connectivity index is 1.77. The number of benzene rings is 1. The van der Waals surface area contributed by atoms with Crippen LogP contribution in [0.4, 0.5) is 10.5 Å². The number of nitrogens with one attached hydrogen (secondary N) is 1. The molecule has 1 aromatic carbocycles. The van der Waals surface area contributed by atoms with Gasteiger partial charge in [-0.2, -0.15) is 5.10 Å². The Morgan fingerprint density at radius 2 is 2.11 bits per heavy atom. The lowest BCUT2D eigenvalue weighted by molar-refractivity contribution is 0.0978. The van der Waals surface area contributed by atoms with E-state index in [4.69, 9.17) is 4.42 Å². The minimum Gasteiger partial charge on any atom is -0.464 e. The van der Waals surface area contributed by atoms with Gasteiger partial charge in [-0.25, -0.2) is 9.69 Å². The molecule has 1 unspecified atom stereocenters. The highest BCUT2D eigenvalue weighted by Crippen LogP contribution is 2.35. The maximum absolute atomic E-state index is 12.6. The van der Waals surface area contributed by atoms with Gasteiger partial charge in [-0.1, -0.05) is 0 Å². The molecule has 1 aliphatic carbocycles. The van der Waals surface area contributed by atoms with Crippen LogP contribution in [-0.2, 0) is 12.8 Å². The van der Waals surface area contributed by atoms with E-state index in [9.17, 15) is 14.7 Å². The first kappa shape index (κ1) is 17.3. The normalized spacial score (nSPS) is 16.5. The maximum Gasteiger partial charge on any atom is 0.419 e. The number of carbonyl (C=O) groups is 2. The van der Waals surface area contributed by atoms with Crippen molar-refractivity contribution in [2.75, 3.05) is 19.0 Å². The molecule has 3 aromatic rings. The van der Waals surface area contributed by atoms with Crippen molar-refractivity contribution in [3.05, 3.63) is 47.5 Å². The van der Waals surface area contributed by atoms with Crippen LogP contribution in [0.3, 0.4) is 0 Å². The Bertz CT molecular complexity index is 1010. The van der Waals surface area contributed by atoms with Crippen molar-refractivity contribution < 1.29 is 19.1 Å². The number of anilines is 1. The van der Waals surface area contributed by atoms with E-state index in [0.29, 0.717) is 11.6 Å². The average Bonchev–Trinajstić information content (AvgIpc) is 3.28. The van der Waals surface area contributed by atoms with Crippen LogP contribution in [0.15, 0.2) is 34.9 Å². The number of hydrogen-bond acceptors (Lipinski definition) is 5. The largest absolute Gasteiger partial charge is 0.464 e. The minimum atomic E-state index is -1.35. The molecular weight excluding hydrogens is 348 g/mol. The van der Waals surface area contributed by atoms with Gasteiger partial charge in [0.05, 0.1) is 5.69 Å². The van der Waals surface area contributed by atoms with Crippen molar-refractivity contribution in [1.29, 1.82) is 0 Å². The molecular formula is C19H20N4O4. The van der Waals surface area contributed by atoms with E-state index >= 15 is 0 Å². The molecule has 1 aliphatic rings. The first-order valence-electron chi connectivity index (χ1n) is 8.73. The second-order valence-corrected chi connectivity index (χ2v) is 6.94. The van der Waals surface area contributed by atoms with Gasteiger partial charge in [0.15, 0.2) is 0 Å². The van der Waals surface area contributed by atoms with Crippen LogP contribution in [0.25, 0.3) is 11.0 Å². The predicted molar refractivity (Wildman–Crippen MR) is 99.1 cm³/mol. The van der Waals surface area contributed by atoms with Gasteiger partial charge in [0.2, 0.25) is 0 Å². The number of furan rings is 1. The summed E-state index contributed by atoms with van der Waals surface area (Å²) in [6.07, 6.45) is 2.76. The fourth-order valence-electron chi connectivity index (χ4n) is 3.64. The molecule has 1 atom stereocenters. The lowest BCUT2D eigenvalue weighted by Gasteiger charge is -2.27. The summed E-state index contributed by atoms with van der Waals surface area (Å²) in [5.41, 5.74) is 2.20. The second-order valence-electron chi connectivity index (χ2n) is 6.94. The van der Waals surface area contributed by atoms with Gasteiger partial charge in [0.1, 0.15) is 17.0 Å². The number of carbonyl (C=O) groups excluding carboxylic acids is 1. The first-order chi connectivity index (χ1) is 13.0. The number of carboxylic acid groups (broad SMARTS) is 1. The van der Waals surface area contributed by atoms with Crippen LogP contribution in [-0.4, -0.2) is 52.3 Å². The molecule has 2 heterocycles. The molecule has 4 rings (SSSR count). The van der Waals surface area contributed by atoms with Crippen LogP contribution < -0.4 is 4.90 Å². The predicted octanol–water partition coefficient (Wildman–Crippen LogP) is 2.90. The molecule has 0 fully saturated rings. The molecule has 2 aromatic heterocycles. The van der Waals surface area contributed by atoms with E-state index in [1.807, 2.05) is 0 Å². The summed E-state index contributed by atoms with van der Waals surface area (Å²) in [6.45, 7) is 0. The molecule has 140 valence electrons. The summed E-state index contributed by atoms with van der Waals surface area (Å²) in [6, 6.07) is 6.88. The monoisotopic (exact) mass is 368 g/mol. The molecule has 2 amide bonds. The van der Waals surface area contributed by atoms with Crippen LogP contribution in [0.2, 0.25) is 0 Å². The van der Waals surface area contributed by atoms with Gasteiger partial charge in [-0.05, 0) is 51.2 Å². The number of rotatable bonds is 3. The van der Waals surface area contributed by atoms with Crippen LogP contribution in [0.1, 0.15) is 28.2 Å². The Hall–Kier alpha value is -3.13. The third-order valence-electron chi connectivity index (χ3n) is 5.12. The van der Waals surface area contributed by atoms with Crippen LogP contribution in [0.5, 0.6) is 0 Å². The number of H-pyrrole nitrogens is 1. The number of aryl methyl sites for hydroxylation is 1. The number of imide groups is 1. The molecule has 0 saturated heterocycles. The summed E-state index contributed by atoms with van der Waals surface area (Å²) in [4.78, 5) is 27.3. The number of aromatic nitrogens is 2. The fraction of sp³-hybridized carbons (Fsp3) is 0.316. The zero-order valence-electron chi connectivity index (χ0n) is 15.1. The van der Waals surface area contributed by atoms with Crippen molar-refractivity contribution >= 4 is 28.7 Å². The molecule has 0 saturated carbocycles. The molecule has 27 heavy (non-hydrogen) atoms. The highest BCUT2D eigenvalue weighted by molar-refractivity contribution is 6.18. The van der Waals surface area contributed by atoms with E-state index in [0.717, 1.165) is 40.9 Å². The van der Waals surface area contributed by atoms with Crippen molar-refractivity contribution in [3.8, 4) is 0 Å². The zero-order valence-corrected chi connectivity index (χ0v) is 15.1. The lowest BCUT2D eigenvalue weighted by Crippen LogP contribution is -2.36. The summed E-state index contributed by atoms with van der Waals surface area (Å²) < 4.78 is 5.96. The summed E-state index contributed by atoms with van der Waals surface area (Å²) >= 11 is 0. The Kier molecular flexibility index (Phi) is 4.19. The van der Waals surface area contributed by atoms with Gasteiger partial charge in [0, 0.05) is 29.6 Å². The van der Waals surface area contributed by atoms with Crippen molar-refractivity contribution in [3.63, 3.8) is 0 Å². The number of likely N-dealkylation sites (N-methyl/N-ethyl adjacent to an activating group) is 1. The Labute approximate surface area is 155 Å². The van der Waals surface area contributed by atoms with Gasteiger partial charge in [0.25, 0.3) is 5.91 Å². The van der Waals surface area contributed by atoms with Crippen LogP contribution in [0, 0.1) is 0 Å². The van der Waals surface area contributed by atoms with Crippen molar-refractivity contribution in [1.82, 2.24) is 15.1 Å². The van der Waals surface area contributed by atoms with E-state index < -0.39 is 12.0 Å². The Morgan fingerprint density at radius 3 is 2.78 bits per heavy atom. The topological polar surface area (TPSA) is 103 Å². The molecule has 8 heteroatoms. The number of nitrogens with zero attached hydrogens (tertiary/aromatic N) is 3. The lowest BCUT2D eigenvalue weighted by atomic mass is 9.91. The van der Waals surface area contributed by atoms with E-state index in [2.05, 4.69) is 29.2 Å². The van der Waals surface area contributed by atoms with Crippen LogP contribution >= 0.6 is 0 Å². The zero-order chi connectivity index (χ0) is 19.1. The third-order valence-corrected chi connectivity index (χ3v) is 5.12. The Morgan fingerprint density at radius 1 is 1.30 bits per heavy atom. The molecule has 8 nitrogen and oxygen atoms in total. The molecule has 0 aliphatic heterocycles. The number of aromatic amines is 1. The first-order valence-corrected chi connectivity index (χ1v) is 8.73. The summed E-state index contributed by atoms with van der Waals surface area (Å²) in [7, 11) is 4.11. The van der Waals surface area contributed by atoms with E-state index in [1.54, 1.807) is 18.2 Å². The van der Waals surface area contributed by atoms with E-state index in [1.165, 1.54) is 12.3 Å². The molecule has 0 bridgehead atoms. The van der Waals surface area contributed by atoms with Gasteiger partial charge in [-0.3, -0.25) is 9.89 Å². The van der Waals surface area contributed by atoms with Gasteiger partial charge < -0.3 is 14.4 Å². The van der Waals surface area contributed by atoms with Gasteiger partial charge >= 0.3 is 6.09 Å². The molecule has 0 spiro atoms. The second kappa shape index (κ2) is 6.55. The van der Waals surface area contributed by atoms with E-state index in [-0.39, 0.29) is 11.4 Å². The highest BCUT2D eigenvalue weighted by Gasteiger charge is 2.29. The maximum atomic E-state index is 12.6. The number of amides is 2. The molecule has 0 radical (unpaired) electrons. The summed E-state index contributed by atoms with van der Waals surface area (Å²) in [5, 5.41) is 16.7. The third kappa shape index (κ3) is 2.97. The minimum absolute atomic E-state index is 0.111. The van der Waals surface area contributed by atoms with Crippen molar-refractivity contribution in [2.24, 2.45) is 0 Å².